The highest BCUT2D eigenvalue weighted by atomic mass is 35.5. The monoisotopic (exact) mass is 320 g/mol. The molecule has 0 N–H and O–H groups in total. The maximum Gasteiger partial charge on any atom is 0.172 e. The number of aryl methyl sites for hydroxylation is 1. The van der Waals surface area contributed by atoms with Crippen LogP contribution in [0.25, 0.3) is 0 Å². The van der Waals surface area contributed by atoms with E-state index in [1.165, 1.54) is 5.56 Å². The van der Waals surface area contributed by atoms with Gasteiger partial charge in [-0.2, -0.15) is 0 Å². The Morgan fingerprint density at radius 1 is 1.18 bits per heavy atom. The fraction of sp³-hybridized carbons (Fsp3) is 0.471. The van der Waals surface area contributed by atoms with Crippen molar-refractivity contribution in [1.82, 2.24) is 9.55 Å². The Bertz CT molecular complexity index is 563. The smallest absolute Gasteiger partial charge is 0.172 e. The van der Waals surface area contributed by atoms with Crippen molar-refractivity contribution in [3.8, 4) is 0 Å². The normalized spacial score (nSPS) is 17.5. The quantitative estimate of drug-likeness (QED) is 0.814. The van der Waals surface area contributed by atoms with Crippen molar-refractivity contribution in [2.75, 3.05) is 13.2 Å². The first-order chi connectivity index (χ1) is 10.8. The maximum atomic E-state index is 6.04. The summed E-state index contributed by atoms with van der Waals surface area (Å²) in [7, 11) is 0. The van der Waals surface area contributed by atoms with Crippen LogP contribution in [-0.2, 0) is 22.4 Å². The third-order valence-electron chi connectivity index (χ3n) is 3.94. The van der Waals surface area contributed by atoms with Gasteiger partial charge in [0.2, 0.25) is 0 Å². The van der Waals surface area contributed by atoms with Crippen molar-refractivity contribution in [2.45, 2.75) is 38.0 Å². The van der Waals surface area contributed by atoms with Gasteiger partial charge in [0.15, 0.2) is 5.79 Å². The van der Waals surface area contributed by atoms with E-state index in [1.54, 1.807) is 6.20 Å². The first-order valence-electron chi connectivity index (χ1n) is 7.74. The molecule has 118 valence electrons. The first-order valence-corrected chi connectivity index (χ1v) is 8.12. The molecule has 0 amide bonds. The van der Waals surface area contributed by atoms with Crippen LogP contribution < -0.4 is 0 Å². The molecule has 0 bridgehead atoms. The van der Waals surface area contributed by atoms with E-state index < -0.39 is 5.79 Å². The van der Waals surface area contributed by atoms with Crippen LogP contribution in [0, 0.1) is 0 Å². The van der Waals surface area contributed by atoms with E-state index in [-0.39, 0.29) is 0 Å². The van der Waals surface area contributed by atoms with E-state index in [2.05, 4.69) is 9.55 Å². The molecule has 2 heterocycles. The van der Waals surface area contributed by atoms with Gasteiger partial charge in [-0.05, 0) is 30.5 Å². The highest BCUT2D eigenvalue weighted by molar-refractivity contribution is 6.30. The number of benzene rings is 1. The highest BCUT2D eigenvalue weighted by Crippen LogP contribution is 2.29. The topological polar surface area (TPSA) is 36.3 Å². The van der Waals surface area contributed by atoms with Crippen LogP contribution in [-0.4, -0.2) is 28.6 Å². The third kappa shape index (κ3) is 4.09. The Labute approximate surface area is 136 Å². The van der Waals surface area contributed by atoms with Crippen molar-refractivity contribution >= 4 is 11.6 Å². The van der Waals surface area contributed by atoms with E-state index in [0.29, 0.717) is 0 Å². The summed E-state index contributed by atoms with van der Waals surface area (Å²) in [5.74, 6) is -0.507. The molecule has 1 aromatic carbocycles. The van der Waals surface area contributed by atoms with Gasteiger partial charge in [-0.1, -0.05) is 23.7 Å². The Balaban J connectivity index is 1.63. The summed E-state index contributed by atoms with van der Waals surface area (Å²) >= 11 is 5.96. The largest absolute Gasteiger partial charge is 0.349 e. The molecule has 0 spiro atoms. The Kier molecular flexibility index (Phi) is 5.13. The molecule has 1 fully saturated rings. The van der Waals surface area contributed by atoms with Crippen molar-refractivity contribution in [2.24, 2.45) is 0 Å². The zero-order chi connectivity index (χ0) is 15.3. The Hall–Kier alpha value is -1.36. The van der Waals surface area contributed by atoms with Gasteiger partial charge in [-0.15, -0.1) is 0 Å². The molecule has 22 heavy (non-hydrogen) atoms. The van der Waals surface area contributed by atoms with Crippen LogP contribution in [0.1, 0.15) is 24.8 Å². The lowest BCUT2D eigenvalue weighted by Gasteiger charge is -2.37. The summed E-state index contributed by atoms with van der Waals surface area (Å²) in [5, 5.41) is 0.753. The number of hydrogen-bond acceptors (Lipinski definition) is 3. The molecule has 1 aromatic heterocycles. The second kappa shape index (κ2) is 7.27. The Morgan fingerprint density at radius 2 is 1.95 bits per heavy atom. The minimum atomic E-state index is -0.507. The van der Waals surface area contributed by atoms with E-state index in [9.17, 15) is 0 Å². The van der Waals surface area contributed by atoms with E-state index >= 15 is 0 Å². The zero-order valence-electron chi connectivity index (χ0n) is 12.6. The standard InChI is InChI=1S/C17H21ClN2O2/c18-16-5-3-15(4-6-16)13-17(21-11-2-12-22-17)7-1-9-20-10-8-19-14-20/h3-6,8,10,14H,1-2,7,9,11-13H2. The van der Waals surface area contributed by atoms with Crippen molar-refractivity contribution < 1.29 is 9.47 Å². The van der Waals surface area contributed by atoms with Crippen LogP contribution in [0.2, 0.25) is 5.02 Å². The molecule has 0 radical (unpaired) electrons. The number of ether oxygens (including phenoxy) is 2. The van der Waals surface area contributed by atoms with Gasteiger partial charge in [0.25, 0.3) is 0 Å². The predicted octanol–water partition coefficient (Wildman–Crippen LogP) is 3.69. The summed E-state index contributed by atoms with van der Waals surface area (Å²) in [5.41, 5.74) is 1.19. The van der Waals surface area contributed by atoms with Gasteiger partial charge in [-0.25, -0.2) is 4.98 Å². The molecule has 4 nitrogen and oxygen atoms in total. The van der Waals surface area contributed by atoms with Crippen LogP contribution in [0.4, 0.5) is 0 Å². The van der Waals surface area contributed by atoms with Crippen LogP contribution >= 0.6 is 11.6 Å². The van der Waals surface area contributed by atoms with E-state index in [0.717, 1.165) is 50.5 Å². The van der Waals surface area contributed by atoms with Crippen LogP contribution in [0.5, 0.6) is 0 Å². The fourth-order valence-electron chi connectivity index (χ4n) is 2.81. The summed E-state index contributed by atoms with van der Waals surface area (Å²) in [6.45, 7) is 2.45. The van der Waals surface area contributed by atoms with Crippen LogP contribution in [0.15, 0.2) is 43.0 Å². The Morgan fingerprint density at radius 3 is 2.64 bits per heavy atom. The number of imidazole rings is 1. The lowest BCUT2D eigenvalue weighted by atomic mass is 9.99. The van der Waals surface area contributed by atoms with Gasteiger partial charge in [0.05, 0.1) is 19.5 Å². The lowest BCUT2D eigenvalue weighted by molar-refractivity contribution is -0.270. The van der Waals surface area contributed by atoms with Gasteiger partial charge in [0.1, 0.15) is 0 Å². The number of aromatic nitrogens is 2. The minimum absolute atomic E-state index is 0.507. The molecule has 1 aliphatic rings. The average Bonchev–Trinajstić information content (AvgIpc) is 3.04. The molecule has 1 saturated heterocycles. The molecular formula is C17H21ClN2O2. The molecule has 3 rings (SSSR count). The number of rotatable bonds is 6. The predicted molar refractivity (Wildman–Crippen MR) is 85.9 cm³/mol. The third-order valence-corrected chi connectivity index (χ3v) is 4.19. The van der Waals surface area contributed by atoms with Gasteiger partial charge in [-0.3, -0.25) is 0 Å². The molecule has 0 atom stereocenters. The molecule has 0 saturated carbocycles. The minimum Gasteiger partial charge on any atom is -0.349 e. The molecule has 5 heteroatoms. The average molecular weight is 321 g/mol. The summed E-state index contributed by atoms with van der Waals surface area (Å²) < 4.78 is 14.2. The second-order valence-electron chi connectivity index (χ2n) is 5.67. The summed E-state index contributed by atoms with van der Waals surface area (Å²) in [6.07, 6.45) is 9.20. The van der Waals surface area contributed by atoms with E-state index in [1.807, 2.05) is 36.8 Å². The number of halogens is 1. The first kappa shape index (κ1) is 15.5. The van der Waals surface area contributed by atoms with Gasteiger partial charge >= 0.3 is 0 Å². The zero-order valence-corrected chi connectivity index (χ0v) is 13.3. The van der Waals surface area contributed by atoms with Crippen LogP contribution in [0.3, 0.4) is 0 Å². The SMILES string of the molecule is Clc1ccc(CC2(CCCn3ccnc3)OCCCO2)cc1. The van der Waals surface area contributed by atoms with Crippen molar-refractivity contribution in [3.05, 3.63) is 53.6 Å². The van der Waals surface area contributed by atoms with Gasteiger partial charge in [0, 0.05) is 36.8 Å². The molecule has 0 unspecified atom stereocenters. The lowest BCUT2D eigenvalue weighted by Crippen LogP contribution is -2.42. The number of hydrogen-bond donors (Lipinski definition) is 0. The molecule has 1 aliphatic heterocycles. The second-order valence-corrected chi connectivity index (χ2v) is 6.10. The van der Waals surface area contributed by atoms with E-state index in [4.69, 9.17) is 21.1 Å². The molecular weight excluding hydrogens is 300 g/mol. The highest BCUT2D eigenvalue weighted by Gasteiger charge is 2.34. The molecule has 0 aliphatic carbocycles. The van der Waals surface area contributed by atoms with Crippen molar-refractivity contribution in [3.63, 3.8) is 0 Å². The summed E-state index contributed by atoms with van der Waals surface area (Å²) in [4.78, 5) is 4.07. The molecule has 2 aromatic rings. The maximum absolute atomic E-state index is 6.04. The fourth-order valence-corrected chi connectivity index (χ4v) is 2.94. The van der Waals surface area contributed by atoms with Crippen molar-refractivity contribution in [1.29, 1.82) is 0 Å². The summed E-state index contributed by atoms with van der Waals surface area (Å²) in [6, 6.07) is 7.92. The number of nitrogens with zero attached hydrogens (tertiary/aromatic N) is 2. The van der Waals surface area contributed by atoms with Gasteiger partial charge < -0.3 is 14.0 Å².